The SMILES string of the molecule is NCC1(NC2CCCC2CO)CCc2ccccc2C1. The lowest BCUT2D eigenvalue weighted by molar-refractivity contribution is 0.172. The molecule has 110 valence electrons. The summed E-state index contributed by atoms with van der Waals surface area (Å²) in [6, 6.07) is 9.16. The second-order valence-electron chi connectivity index (χ2n) is 6.55. The van der Waals surface area contributed by atoms with Crippen molar-refractivity contribution in [2.75, 3.05) is 13.2 Å². The van der Waals surface area contributed by atoms with Crippen LogP contribution in [0.25, 0.3) is 0 Å². The highest BCUT2D eigenvalue weighted by molar-refractivity contribution is 5.32. The molecule has 0 aliphatic heterocycles. The molecule has 0 aromatic heterocycles. The summed E-state index contributed by atoms with van der Waals surface area (Å²) < 4.78 is 0. The molecule has 3 unspecified atom stereocenters. The van der Waals surface area contributed by atoms with Crippen molar-refractivity contribution in [1.82, 2.24) is 5.32 Å². The molecule has 0 spiro atoms. The van der Waals surface area contributed by atoms with E-state index in [0.29, 0.717) is 25.1 Å². The zero-order valence-electron chi connectivity index (χ0n) is 12.1. The van der Waals surface area contributed by atoms with E-state index in [1.54, 1.807) is 0 Å². The Hall–Kier alpha value is -0.900. The van der Waals surface area contributed by atoms with Gasteiger partial charge in [-0.3, -0.25) is 0 Å². The van der Waals surface area contributed by atoms with Crippen LogP contribution in [0, 0.1) is 5.92 Å². The summed E-state index contributed by atoms with van der Waals surface area (Å²) in [5.41, 5.74) is 9.08. The summed E-state index contributed by atoms with van der Waals surface area (Å²) in [7, 11) is 0. The number of hydrogen-bond acceptors (Lipinski definition) is 3. The summed E-state index contributed by atoms with van der Waals surface area (Å²) in [5, 5.41) is 13.3. The Morgan fingerprint density at radius 1 is 1.25 bits per heavy atom. The molecule has 0 radical (unpaired) electrons. The van der Waals surface area contributed by atoms with Crippen molar-refractivity contribution < 1.29 is 5.11 Å². The first kappa shape index (κ1) is 14.1. The first-order valence-electron chi connectivity index (χ1n) is 7.92. The second-order valence-corrected chi connectivity index (χ2v) is 6.55. The predicted octanol–water partition coefficient (Wildman–Crippen LogP) is 1.62. The standard InChI is InChI=1S/C17H26N2O/c18-12-17(19-16-7-3-6-15(16)11-20)9-8-13-4-1-2-5-14(13)10-17/h1-2,4-5,15-16,19-20H,3,6-12,18H2. The van der Waals surface area contributed by atoms with Crippen molar-refractivity contribution in [3.05, 3.63) is 35.4 Å². The lowest BCUT2D eigenvalue weighted by Gasteiger charge is -2.41. The number of hydrogen-bond donors (Lipinski definition) is 3. The van der Waals surface area contributed by atoms with Gasteiger partial charge in [0.25, 0.3) is 0 Å². The average molecular weight is 274 g/mol. The number of nitrogens with one attached hydrogen (secondary N) is 1. The molecule has 4 N–H and O–H groups in total. The van der Waals surface area contributed by atoms with Gasteiger partial charge in [0, 0.05) is 24.7 Å². The average Bonchev–Trinajstić information content (AvgIpc) is 2.94. The minimum absolute atomic E-state index is 0.0246. The van der Waals surface area contributed by atoms with E-state index < -0.39 is 0 Å². The van der Waals surface area contributed by atoms with Crippen LogP contribution >= 0.6 is 0 Å². The van der Waals surface area contributed by atoms with E-state index in [1.807, 2.05) is 0 Å². The fourth-order valence-electron chi connectivity index (χ4n) is 4.00. The number of aliphatic hydroxyl groups excluding tert-OH is 1. The Morgan fingerprint density at radius 3 is 2.80 bits per heavy atom. The minimum Gasteiger partial charge on any atom is -0.396 e. The second kappa shape index (κ2) is 5.84. The number of nitrogens with two attached hydrogens (primary N) is 1. The van der Waals surface area contributed by atoms with Crippen molar-refractivity contribution in [3.63, 3.8) is 0 Å². The molecule has 3 heteroatoms. The highest BCUT2D eigenvalue weighted by Gasteiger charge is 2.38. The molecule has 3 rings (SSSR count). The van der Waals surface area contributed by atoms with Gasteiger partial charge in [0.05, 0.1) is 0 Å². The number of rotatable bonds is 4. The Bertz CT molecular complexity index is 462. The maximum absolute atomic E-state index is 9.51. The fraction of sp³-hybridized carbons (Fsp3) is 0.647. The van der Waals surface area contributed by atoms with Gasteiger partial charge in [0.15, 0.2) is 0 Å². The Labute approximate surface area is 121 Å². The van der Waals surface area contributed by atoms with Crippen LogP contribution in [0.2, 0.25) is 0 Å². The Balaban J connectivity index is 1.76. The van der Waals surface area contributed by atoms with Gasteiger partial charge >= 0.3 is 0 Å². The van der Waals surface area contributed by atoms with Gasteiger partial charge in [-0.25, -0.2) is 0 Å². The van der Waals surface area contributed by atoms with E-state index >= 15 is 0 Å². The van der Waals surface area contributed by atoms with Gasteiger partial charge in [-0.1, -0.05) is 30.7 Å². The molecule has 1 fully saturated rings. The van der Waals surface area contributed by atoms with Crippen LogP contribution < -0.4 is 11.1 Å². The van der Waals surface area contributed by atoms with Gasteiger partial charge in [0.1, 0.15) is 0 Å². The molecule has 1 aromatic rings. The van der Waals surface area contributed by atoms with Crippen LogP contribution in [0.1, 0.15) is 36.8 Å². The molecule has 3 atom stereocenters. The van der Waals surface area contributed by atoms with Crippen molar-refractivity contribution in [3.8, 4) is 0 Å². The molecular formula is C17H26N2O. The van der Waals surface area contributed by atoms with Gasteiger partial charge in [0.2, 0.25) is 0 Å². The molecule has 2 aliphatic carbocycles. The zero-order chi connectivity index (χ0) is 14.0. The molecule has 0 amide bonds. The Kier molecular flexibility index (Phi) is 4.11. The van der Waals surface area contributed by atoms with E-state index in [0.717, 1.165) is 25.7 Å². The molecule has 3 nitrogen and oxygen atoms in total. The fourth-order valence-corrected chi connectivity index (χ4v) is 4.00. The van der Waals surface area contributed by atoms with E-state index in [9.17, 15) is 5.11 Å². The van der Waals surface area contributed by atoms with Crippen molar-refractivity contribution in [2.45, 2.75) is 50.1 Å². The van der Waals surface area contributed by atoms with Crippen molar-refractivity contribution >= 4 is 0 Å². The summed E-state index contributed by atoms with van der Waals surface area (Å²) in [5.74, 6) is 0.413. The Morgan fingerprint density at radius 2 is 2.05 bits per heavy atom. The van der Waals surface area contributed by atoms with Crippen LogP contribution in [0.4, 0.5) is 0 Å². The lowest BCUT2D eigenvalue weighted by Crippen LogP contribution is -2.59. The lowest BCUT2D eigenvalue weighted by atomic mass is 9.77. The van der Waals surface area contributed by atoms with Gasteiger partial charge in [-0.2, -0.15) is 0 Å². The molecule has 20 heavy (non-hydrogen) atoms. The van der Waals surface area contributed by atoms with Crippen LogP contribution in [-0.4, -0.2) is 29.8 Å². The van der Waals surface area contributed by atoms with Crippen LogP contribution in [-0.2, 0) is 12.8 Å². The summed E-state index contributed by atoms with van der Waals surface area (Å²) in [4.78, 5) is 0. The van der Waals surface area contributed by atoms with Gasteiger partial charge < -0.3 is 16.2 Å². The van der Waals surface area contributed by atoms with Gasteiger partial charge in [-0.15, -0.1) is 0 Å². The molecule has 1 aromatic carbocycles. The normalized spacial score (nSPS) is 33.1. The molecule has 0 heterocycles. The van der Waals surface area contributed by atoms with Gasteiger partial charge in [-0.05, 0) is 49.1 Å². The van der Waals surface area contributed by atoms with E-state index in [4.69, 9.17) is 5.73 Å². The number of benzene rings is 1. The van der Waals surface area contributed by atoms with E-state index in [2.05, 4.69) is 29.6 Å². The zero-order valence-corrected chi connectivity index (χ0v) is 12.1. The molecule has 2 aliphatic rings. The maximum atomic E-state index is 9.51. The van der Waals surface area contributed by atoms with Crippen LogP contribution in [0.3, 0.4) is 0 Å². The molecular weight excluding hydrogens is 248 g/mol. The number of aryl methyl sites for hydroxylation is 1. The third-order valence-corrected chi connectivity index (χ3v) is 5.30. The topological polar surface area (TPSA) is 58.3 Å². The quantitative estimate of drug-likeness (QED) is 0.782. The molecule has 0 saturated heterocycles. The monoisotopic (exact) mass is 274 g/mol. The highest BCUT2D eigenvalue weighted by atomic mass is 16.3. The van der Waals surface area contributed by atoms with E-state index in [1.165, 1.54) is 24.0 Å². The molecule has 1 saturated carbocycles. The summed E-state index contributed by atoms with van der Waals surface area (Å²) in [6.07, 6.45) is 6.78. The summed E-state index contributed by atoms with van der Waals surface area (Å²) in [6.45, 7) is 0.977. The van der Waals surface area contributed by atoms with Crippen LogP contribution in [0.15, 0.2) is 24.3 Å². The van der Waals surface area contributed by atoms with Crippen molar-refractivity contribution in [2.24, 2.45) is 11.7 Å². The van der Waals surface area contributed by atoms with Crippen molar-refractivity contribution in [1.29, 1.82) is 0 Å². The number of fused-ring (bicyclic) bond motifs is 1. The smallest absolute Gasteiger partial charge is 0.0474 e. The number of aliphatic hydroxyl groups is 1. The first-order valence-corrected chi connectivity index (χ1v) is 7.92. The largest absolute Gasteiger partial charge is 0.396 e. The molecule has 0 bridgehead atoms. The third-order valence-electron chi connectivity index (χ3n) is 5.30. The van der Waals surface area contributed by atoms with E-state index in [-0.39, 0.29) is 5.54 Å². The summed E-state index contributed by atoms with van der Waals surface area (Å²) >= 11 is 0. The highest BCUT2D eigenvalue weighted by Crippen LogP contribution is 2.32. The van der Waals surface area contributed by atoms with Crippen LogP contribution in [0.5, 0.6) is 0 Å². The minimum atomic E-state index is 0.0246. The first-order chi connectivity index (χ1) is 9.76. The third kappa shape index (κ3) is 2.62. The predicted molar refractivity (Wildman–Crippen MR) is 81.6 cm³/mol. The maximum Gasteiger partial charge on any atom is 0.0474 e.